The Morgan fingerprint density at radius 1 is 0.600 bits per heavy atom. The van der Waals surface area contributed by atoms with Crippen LogP contribution >= 0.6 is 0 Å². The van der Waals surface area contributed by atoms with Gasteiger partial charge in [0.25, 0.3) is 23.6 Å². The molecule has 70 heavy (non-hydrogen) atoms. The second-order valence-corrected chi connectivity index (χ2v) is 19.8. The molecule has 0 aliphatic rings. The number of rotatable bonds is 20. The molecule has 0 saturated carbocycles. The lowest BCUT2D eigenvalue weighted by Crippen LogP contribution is -2.57. The molecule has 4 amide bonds. The van der Waals surface area contributed by atoms with E-state index in [-0.39, 0.29) is 46.5 Å². The van der Waals surface area contributed by atoms with Crippen LogP contribution in [0.15, 0.2) is 85.5 Å². The number of aryl methyl sites for hydroxylation is 4. The quantitative estimate of drug-likeness (QED) is 0.0592. The Morgan fingerprint density at radius 2 is 0.957 bits per heavy atom. The summed E-state index contributed by atoms with van der Waals surface area (Å²) in [6.45, 7) is 30.6. The first-order valence-electron chi connectivity index (χ1n) is 24.9. The number of carbonyl (C=O) groups excluding carboxylic acids is 4. The van der Waals surface area contributed by atoms with Gasteiger partial charge in [0.05, 0.1) is 26.3 Å². The topological polar surface area (TPSA) is 138 Å². The third-order valence-electron chi connectivity index (χ3n) is 13.0. The predicted molar refractivity (Wildman–Crippen MR) is 287 cm³/mol. The van der Waals surface area contributed by atoms with Crippen LogP contribution in [0.4, 0.5) is 0 Å². The molecule has 0 aliphatic heterocycles. The number of allylic oxidation sites excluding steroid dienone is 1. The van der Waals surface area contributed by atoms with Crippen molar-refractivity contribution in [2.45, 2.75) is 160 Å². The van der Waals surface area contributed by atoms with E-state index in [1.165, 1.54) is 0 Å². The highest BCUT2D eigenvalue weighted by atomic mass is 16.5. The van der Waals surface area contributed by atoms with Crippen molar-refractivity contribution < 1.29 is 33.8 Å². The Morgan fingerprint density at radius 3 is 1.27 bits per heavy atom. The molecule has 3 N–H and O–H groups in total. The highest BCUT2D eigenvalue weighted by molar-refractivity contribution is 6.01. The van der Waals surface area contributed by atoms with Crippen molar-refractivity contribution in [1.82, 2.24) is 20.9 Å². The molecule has 0 aromatic heterocycles. The van der Waals surface area contributed by atoms with E-state index in [1.807, 2.05) is 90.1 Å². The van der Waals surface area contributed by atoms with E-state index in [4.69, 9.17) is 14.6 Å². The lowest BCUT2D eigenvalue weighted by molar-refractivity contribution is 0.0208. The Balaban J connectivity index is 0.000000464. The van der Waals surface area contributed by atoms with Gasteiger partial charge in [-0.1, -0.05) is 133 Å². The Labute approximate surface area is 421 Å². The molecule has 384 valence electrons. The third kappa shape index (κ3) is 16.6. The first kappa shape index (κ1) is 60.2. The molecule has 11 nitrogen and oxygen atoms in total. The normalized spacial score (nSPS) is 11.9. The van der Waals surface area contributed by atoms with Crippen molar-refractivity contribution in [2.75, 3.05) is 21.3 Å². The van der Waals surface area contributed by atoms with Crippen molar-refractivity contribution in [3.63, 3.8) is 0 Å². The van der Waals surface area contributed by atoms with Gasteiger partial charge < -0.3 is 14.6 Å². The van der Waals surface area contributed by atoms with Gasteiger partial charge in [0.15, 0.2) is 0 Å². The Bertz CT molecular complexity index is 2310. The second-order valence-electron chi connectivity index (χ2n) is 19.8. The molecule has 0 radical (unpaired) electrons. The summed E-state index contributed by atoms with van der Waals surface area (Å²) in [6, 6.07) is 22.0. The van der Waals surface area contributed by atoms with E-state index in [1.54, 1.807) is 48.5 Å². The summed E-state index contributed by atoms with van der Waals surface area (Å²) in [5, 5.41) is 10.2. The van der Waals surface area contributed by atoms with Crippen LogP contribution in [0.1, 0.15) is 181 Å². The fraction of sp³-hybridized carbons (Fsp3) is 0.492. The summed E-state index contributed by atoms with van der Waals surface area (Å²) in [7, 11) is 4.17. The highest BCUT2D eigenvalue weighted by Crippen LogP contribution is 2.36. The molecular weight excluding hydrogens is 877 g/mol. The van der Waals surface area contributed by atoms with Gasteiger partial charge in [-0.05, 0) is 127 Å². The number of hydrogen-bond acceptors (Lipinski definition) is 7. The number of methoxy groups -OCH3 is 2. The smallest absolute Gasteiger partial charge is 0.272 e. The molecule has 0 bridgehead atoms. The molecule has 0 saturated heterocycles. The van der Waals surface area contributed by atoms with E-state index < -0.39 is 0 Å². The maximum atomic E-state index is 14.0. The van der Waals surface area contributed by atoms with Crippen molar-refractivity contribution in [3.8, 4) is 11.5 Å². The maximum Gasteiger partial charge on any atom is 0.272 e. The number of carbonyl (C=O) groups is 4. The summed E-state index contributed by atoms with van der Waals surface area (Å²) < 4.78 is 10.8. The lowest BCUT2D eigenvalue weighted by atomic mass is 9.77. The molecule has 4 rings (SSSR count). The SMILES string of the molecule is C=CCC(C)(C)C(CCCC)N(NC(=O)c1cccc(OC)c1C)C(=O)c1cc(C)cc(C)c1.CCCCC(N(NC(=O)c1cccc(OC)c1C)C(=O)c1cc(C)cc(C)c1)C(C)(C)CCC.CO. The van der Waals surface area contributed by atoms with Gasteiger partial charge in [-0.3, -0.25) is 30.0 Å². The first-order chi connectivity index (χ1) is 33.1. The number of hydrogen-bond donors (Lipinski definition) is 3. The standard InChI is InChI=1S/C29H42N2O3.C29H40N2O3.CH4O/c2*1-9-11-15-26(29(6,7)16-10-2)31(28(33)23-18-20(3)17-21(4)19-23)30-27(32)24-13-12-14-25(34-8)22(24)5;1-2/h12-14,17-19,26H,9-11,15-16H2,1-8H3,(H,30,32);10,12-14,17-19,26H,2,9,11,15-16H2,1,3-8H3,(H,30,32);2H,1H3. The van der Waals surface area contributed by atoms with Crippen LogP contribution in [0.25, 0.3) is 0 Å². The number of benzene rings is 4. The average Bonchev–Trinajstić information content (AvgIpc) is 3.30. The highest BCUT2D eigenvalue weighted by Gasteiger charge is 2.39. The van der Waals surface area contributed by atoms with E-state index in [2.05, 4.69) is 72.0 Å². The van der Waals surface area contributed by atoms with Crippen LogP contribution in [0.2, 0.25) is 0 Å². The zero-order chi connectivity index (χ0) is 52.9. The van der Waals surface area contributed by atoms with Gasteiger partial charge in [-0.2, -0.15) is 0 Å². The van der Waals surface area contributed by atoms with E-state index in [0.717, 1.165) is 91.9 Å². The molecule has 2 atom stereocenters. The molecular formula is C59H86N4O7. The molecule has 0 heterocycles. The van der Waals surface area contributed by atoms with E-state index >= 15 is 0 Å². The average molecular weight is 963 g/mol. The van der Waals surface area contributed by atoms with Gasteiger partial charge in [0.2, 0.25) is 0 Å². The molecule has 0 aliphatic carbocycles. The number of ether oxygens (including phenoxy) is 2. The fourth-order valence-corrected chi connectivity index (χ4v) is 9.37. The molecule has 2 unspecified atom stereocenters. The van der Waals surface area contributed by atoms with Crippen LogP contribution in [-0.4, -0.2) is 72.2 Å². The summed E-state index contributed by atoms with van der Waals surface area (Å²) in [5.41, 5.74) is 13.2. The maximum absolute atomic E-state index is 14.0. The van der Waals surface area contributed by atoms with Crippen LogP contribution in [0.3, 0.4) is 0 Å². The molecule has 0 spiro atoms. The van der Waals surface area contributed by atoms with E-state index in [9.17, 15) is 19.2 Å². The minimum Gasteiger partial charge on any atom is -0.496 e. The van der Waals surface area contributed by atoms with E-state index in [0.29, 0.717) is 40.2 Å². The Kier molecular flexibility index (Phi) is 24.6. The van der Waals surface area contributed by atoms with Gasteiger partial charge in [0, 0.05) is 40.5 Å². The van der Waals surface area contributed by atoms with Crippen molar-refractivity contribution >= 4 is 23.6 Å². The van der Waals surface area contributed by atoms with Gasteiger partial charge >= 0.3 is 0 Å². The summed E-state index contributed by atoms with van der Waals surface area (Å²) in [4.78, 5) is 54.9. The van der Waals surface area contributed by atoms with Crippen LogP contribution in [0, 0.1) is 52.4 Å². The minimum absolute atomic E-state index is 0.143. The summed E-state index contributed by atoms with van der Waals surface area (Å²) in [6.07, 6.45) is 10.1. The van der Waals surface area contributed by atoms with Crippen LogP contribution in [0.5, 0.6) is 11.5 Å². The Hall–Kier alpha value is -5.94. The fourth-order valence-electron chi connectivity index (χ4n) is 9.37. The number of hydrazine groups is 2. The van der Waals surface area contributed by atoms with Crippen molar-refractivity contribution in [1.29, 1.82) is 0 Å². The van der Waals surface area contributed by atoms with Crippen LogP contribution in [-0.2, 0) is 0 Å². The molecule has 4 aromatic carbocycles. The first-order valence-corrected chi connectivity index (χ1v) is 24.9. The molecule has 11 heteroatoms. The summed E-state index contributed by atoms with van der Waals surface area (Å²) >= 11 is 0. The predicted octanol–water partition coefficient (Wildman–Crippen LogP) is 13.0. The molecule has 0 fully saturated rings. The number of nitrogens with one attached hydrogen (secondary N) is 2. The summed E-state index contributed by atoms with van der Waals surface area (Å²) in [5.74, 6) is 0.265. The van der Waals surface area contributed by atoms with Gasteiger partial charge in [0.1, 0.15) is 11.5 Å². The monoisotopic (exact) mass is 963 g/mol. The number of aliphatic hydroxyl groups excluding tert-OH is 1. The third-order valence-corrected chi connectivity index (χ3v) is 13.0. The molecule has 4 aromatic rings. The largest absolute Gasteiger partial charge is 0.496 e. The number of amides is 4. The van der Waals surface area contributed by atoms with Crippen LogP contribution < -0.4 is 20.3 Å². The van der Waals surface area contributed by atoms with Crippen molar-refractivity contribution in [3.05, 3.63) is 141 Å². The zero-order valence-corrected chi connectivity index (χ0v) is 45.5. The zero-order valence-electron chi connectivity index (χ0n) is 45.5. The van der Waals surface area contributed by atoms with Gasteiger partial charge in [-0.15, -0.1) is 6.58 Å². The second kappa shape index (κ2) is 28.7. The van der Waals surface area contributed by atoms with Gasteiger partial charge in [-0.25, -0.2) is 10.0 Å². The van der Waals surface area contributed by atoms with Crippen molar-refractivity contribution in [2.24, 2.45) is 10.8 Å². The lowest BCUT2D eigenvalue weighted by Gasteiger charge is -2.42. The minimum atomic E-state index is -0.329. The number of unbranched alkanes of at least 4 members (excludes halogenated alkanes) is 2. The number of nitrogens with zero attached hydrogens (tertiary/aromatic N) is 2. The number of aliphatic hydroxyl groups is 1.